The summed E-state index contributed by atoms with van der Waals surface area (Å²) in [6, 6.07) is 24.6. The zero-order valence-corrected chi connectivity index (χ0v) is 13.9. The molecule has 4 rings (SSSR count). The molecule has 0 bridgehead atoms. The molecular formula is C21H16N4O. The van der Waals surface area contributed by atoms with Gasteiger partial charge in [0.25, 0.3) is 5.56 Å². The average molecular weight is 340 g/mol. The van der Waals surface area contributed by atoms with Gasteiger partial charge in [0.2, 0.25) is 0 Å². The standard InChI is InChI=1S/C21H16N4O/c26-21-18(15-22-16-9-3-1-4-10-16)20(23-17-11-5-2-6-12-17)24-19-13-7-8-14-25(19)21/h1-15,23H. The second kappa shape index (κ2) is 7.03. The van der Waals surface area contributed by atoms with Crippen LogP contribution in [0, 0.1) is 0 Å². The van der Waals surface area contributed by atoms with E-state index in [2.05, 4.69) is 15.3 Å². The van der Waals surface area contributed by atoms with E-state index in [1.165, 1.54) is 4.40 Å². The number of aromatic nitrogens is 2. The van der Waals surface area contributed by atoms with Crippen molar-refractivity contribution in [3.05, 3.63) is 101 Å². The smallest absolute Gasteiger partial charge is 0.268 e. The molecule has 0 saturated heterocycles. The van der Waals surface area contributed by atoms with Gasteiger partial charge in [0.05, 0.1) is 5.69 Å². The van der Waals surface area contributed by atoms with Crippen LogP contribution in [0.25, 0.3) is 5.65 Å². The largest absolute Gasteiger partial charge is 0.339 e. The number of hydrogen-bond acceptors (Lipinski definition) is 4. The Morgan fingerprint density at radius 2 is 1.58 bits per heavy atom. The third kappa shape index (κ3) is 3.23. The summed E-state index contributed by atoms with van der Waals surface area (Å²) in [4.78, 5) is 22.0. The van der Waals surface area contributed by atoms with Crippen LogP contribution in [0.5, 0.6) is 0 Å². The Morgan fingerprint density at radius 1 is 0.885 bits per heavy atom. The lowest BCUT2D eigenvalue weighted by Crippen LogP contribution is -2.21. The van der Waals surface area contributed by atoms with Crippen molar-refractivity contribution in [2.24, 2.45) is 4.99 Å². The minimum atomic E-state index is -0.172. The van der Waals surface area contributed by atoms with Gasteiger partial charge in [0.1, 0.15) is 17.0 Å². The van der Waals surface area contributed by atoms with E-state index in [1.807, 2.05) is 66.7 Å². The number of rotatable bonds is 4. The Labute approximate surface area is 150 Å². The van der Waals surface area contributed by atoms with E-state index in [-0.39, 0.29) is 5.56 Å². The fourth-order valence-corrected chi connectivity index (χ4v) is 2.63. The van der Waals surface area contributed by atoms with Gasteiger partial charge < -0.3 is 5.32 Å². The summed E-state index contributed by atoms with van der Waals surface area (Å²) in [6.45, 7) is 0. The van der Waals surface area contributed by atoms with Gasteiger partial charge in [0.15, 0.2) is 0 Å². The third-order valence-corrected chi connectivity index (χ3v) is 3.90. The van der Waals surface area contributed by atoms with Gasteiger partial charge in [-0.2, -0.15) is 0 Å². The Morgan fingerprint density at radius 3 is 2.35 bits per heavy atom. The molecule has 0 amide bonds. The van der Waals surface area contributed by atoms with E-state index < -0.39 is 0 Å². The number of nitrogens with zero attached hydrogens (tertiary/aromatic N) is 3. The molecule has 1 N–H and O–H groups in total. The minimum Gasteiger partial charge on any atom is -0.339 e. The highest BCUT2D eigenvalue weighted by atomic mass is 16.1. The molecule has 0 radical (unpaired) electrons. The molecule has 2 aromatic carbocycles. The number of benzene rings is 2. The lowest BCUT2D eigenvalue weighted by atomic mass is 10.2. The molecule has 0 spiro atoms. The molecule has 126 valence electrons. The highest BCUT2D eigenvalue weighted by molar-refractivity contribution is 5.89. The first kappa shape index (κ1) is 15.8. The molecule has 0 atom stereocenters. The number of pyridine rings is 1. The molecule has 4 aromatic rings. The van der Waals surface area contributed by atoms with Crippen LogP contribution in [0.2, 0.25) is 0 Å². The lowest BCUT2D eigenvalue weighted by Gasteiger charge is -2.10. The molecular weight excluding hydrogens is 324 g/mol. The molecule has 0 unspecified atom stereocenters. The molecule has 0 aliphatic carbocycles. The summed E-state index contributed by atoms with van der Waals surface area (Å²) in [7, 11) is 0. The Bertz CT molecular complexity index is 1120. The monoisotopic (exact) mass is 340 g/mol. The lowest BCUT2D eigenvalue weighted by molar-refractivity contribution is 1.04. The van der Waals surface area contributed by atoms with Crippen molar-refractivity contribution in [2.45, 2.75) is 0 Å². The predicted molar refractivity (Wildman–Crippen MR) is 105 cm³/mol. The zero-order valence-electron chi connectivity index (χ0n) is 13.9. The summed E-state index contributed by atoms with van der Waals surface area (Å²) in [5.41, 5.74) is 2.44. The van der Waals surface area contributed by atoms with Gasteiger partial charge >= 0.3 is 0 Å². The number of hydrogen-bond donors (Lipinski definition) is 1. The van der Waals surface area contributed by atoms with Crippen molar-refractivity contribution in [1.82, 2.24) is 9.38 Å². The fourth-order valence-electron chi connectivity index (χ4n) is 2.63. The van der Waals surface area contributed by atoms with E-state index in [1.54, 1.807) is 24.5 Å². The summed E-state index contributed by atoms with van der Waals surface area (Å²) < 4.78 is 1.52. The summed E-state index contributed by atoms with van der Waals surface area (Å²) >= 11 is 0. The molecule has 2 heterocycles. The van der Waals surface area contributed by atoms with Crippen molar-refractivity contribution >= 4 is 29.1 Å². The quantitative estimate of drug-likeness (QED) is 0.567. The van der Waals surface area contributed by atoms with Crippen LogP contribution in [0.15, 0.2) is 94.8 Å². The van der Waals surface area contributed by atoms with Crippen LogP contribution in [-0.4, -0.2) is 15.6 Å². The first-order valence-corrected chi connectivity index (χ1v) is 8.24. The maximum absolute atomic E-state index is 13.0. The number of para-hydroxylation sites is 2. The van der Waals surface area contributed by atoms with Gasteiger partial charge in [-0.25, -0.2) is 4.98 Å². The van der Waals surface area contributed by atoms with Crippen molar-refractivity contribution in [1.29, 1.82) is 0 Å². The first-order valence-electron chi connectivity index (χ1n) is 8.24. The van der Waals surface area contributed by atoms with Gasteiger partial charge in [-0.1, -0.05) is 42.5 Å². The van der Waals surface area contributed by atoms with Gasteiger partial charge in [-0.05, 0) is 36.4 Å². The van der Waals surface area contributed by atoms with Crippen LogP contribution in [0.1, 0.15) is 5.56 Å². The highest BCUT2D eigenvalue weighted by Gasteiger charge is 2.11. The number of aliphatic imine (C=N–C) groups is 1. The summed E-state index contributed by atoms with van der Waals surface area (Å²) in [6.07, 6.45) is 3.27. The van der Waals surface area contributed by atoms with Crippen molar-refractivity contribution in [2.75, 3.05) is 5.32 Å². The minimum absolute atomic E-state index is 0.172. The molecule has 0 saturated carbocycles. The van der Waals surface area contributed by atoms with Crippen LogP contribution >= 0.6 is 0 Å². The fraction of sp³-hybridized carbons (Fsp3) is 0. The molecule has 0 aliphatic heterocycles. The van der Waals surface area contributed by atoms with Crippen molar-refractivity contribution in [3.63, 3.8) is 0 Å². The number of anilines is 2. The molecule has 0 fully saturated rings. The number of nitrogens with one attached hydrogen (secondary N) is 1. The molecule has 2 aromatic heterocycles. The second-order valence-electron chi connectivity index (χ2n) is 5.69. The molecule has 5 heteroatoms. The predicted octanol–water partition coefficient (Wildman–Crippen LogP) is 4.19. The highest BCUT2D eigenvalue weighted by Crippen LogP contribution is 2.17. The van der Waals surface area contributed by atoms with Gasteiger partial charge in [-0.15, -0.1) is 0 Å². The topological polar surface area (TPSA) is 58.8 Å². The molecule has 0 aliphatic rings. The summed E-state index contributed by atoms with van der Waals surface area (Å²) in [5.74, 6) is 0.479. The van der Waals surface area contributed by atoms with Crippen LogP contribution in [-0.2, 0) is 0 Å². The Balaban J connectivity index is 1.85. The van der Waals surface area contributed by atoms with E-state index in [9.17, 15) is 4.79 Å². The Hall–Kier alpha value is -3.73. The third-order valence-electron chi connectivity index (χ3n) is 3.90. The van der Waals surface area contributed by atoms with Crippen LogP contribution in [0.4, 0.5) is 17.2 Å². The van der Waals surface area contributed by atoms with E-state index in [4.69, 9.17) is 0 Å². The number of fused-ring (bicyclic) bond motifs is 1. The maximum atomic E-state index is 13.0. The second-order valence-corrected chi connectivity index (χ2v) is 5.69. The molecule has 5 nitrogen and oxygen atoms in total. The zero-order chi connectivity index (χ0) is 17.8. The van der Waals surface area contributed by atoms with Crippen molar-refractivity contribution in [3.8, 4) is 0 Å². The van der Waals surface area contributed by atoms with Crippen molar-refractivity contribution < 1.29 is 0 Å². The van der Waals surface area contributed by atoms with Crippen LogP contribution < -0.4 is 10.9 Å². The average Bonchev–Trinajstić information content (AvgIpc) is 2.69. The van der Waals surface area contributed by atoms with E-state index >= 15 is 0 Å². The maximum Gasteiger partial charge on any atom is 0.268 e. The normalized spacial score (nSPS) is 11.1. The first-order chi connectivity index (χ1) is 12.8. The SMILES string of the molecule is O=c1c(C=Nc2ccccc2)c(Nc2ccccc2)nc2ccccn12. The van der Waals surface area contributed by atoms with Gasteiger partial charge in [0, 0.05) is 18.1 Å². The van der Waals surface area contributed by atoms with Gasteiger partial charge in [-0.3, -0.25) is 14.2 Å². The van der Waals surface area contributed by atoms with E-state index in [0.717, 1.165) is 11.4 Å². The van der Waals surface area contributed by atoms with Crippen LogP contribution in [0.3, 0.4) is 0 Å². The molecule has 26 heavy (non-hydrogen) atoms. The van der Waals surface area contributed by atoms with E-state index in [0.29, 0.717) is 17.0 Å². The Kier molecular flexibility index (Phi) is 4.26. The summed E-state index contributed by atoms with van der Waals surface area (Å²) in [5, 5.41) is 3.23.